The Balaban J connectivity index is 1.73. The monoisotopic (exact) mass is 373 g/mol. The molecule has 0 aliphatic carbocycles. The van der Waals surface area contributed by atoms with E-state index in [0.29, 0.717) is 21.5 Å². The van der Waals surface area contributed by atoms with E-state index in [1.54, 1.807) is 43.6 Å². The second-order valence-corrected chi connectivity index (χ2v) is 5.98. The van der Waals surface area contributed by atoms with Gasteiger partial charge in [0.2, 0.25) is 0 Å². The van der Waals surface area contributed by atoms with Crippen LogP contribution in [0.25, 0.3) is 11.3 Å². The highest BCUT2D eigenvalue weighted by atomic mass is 35.5. The molecule has 0 fully saturated rings. The highest BCUT2D eigenvalue weighted by Crippen LogP contribution is 2.27. The third kappa shape index (κ3) is 4.04. The lowest BCUT2D eigenvalue weighted by atomic mass is 10.1. The lowest BCUT2D eigenvalue weighted by Gasteiger charge is -2.01. The fourth-order valence-corrected chi connectivity index (χ4v) is 2.39. The molecule has 0 radical (unpaired) electrons. The summed E-state index contributed by atoms with van der Waals surface area (Å²) in [5.41, 5.74) is 5.65. The van der Waals surface area contributed by atoms with Crippen molar-refractivity contribution in [3.05, 3.63) is 70.1 Å². The van der Waals surface area contributed by atoms with Gasteiger partial charge in [0.1, 0.15) is 5.69 Å². The fourth-order valence-electron chi connectivity index (χ4n) is 2.09. The number of nitrogens with zero attached hydrogens (tertiary/aromatic N) is 3. The molecule has 0 saturated carbocycles. The van der Waals surface area contributed by atoms with Crippen LogP contribution < -0.4 is 5.43 Å². The molecule has 3 rings (SSSR count). The van der Waals surface area contributed by atoms with Gasteiger partial charge in [0, 0.05) is 23.5 Å². The topological polar surface area (TPSA) is 83.0 Å². The van der Waals surface area contributed by atoms with Gasteiger partial charge in [-0.3, -0.25) is 14.9 Å². The lowest BCUT2D eigenvalue weighted by molar-refractivity contribution is 0.0950. The molecule has 6 nitrogen and oxygen atoms in total. The van der Waals surface area contributed by atoms with E-state index in [0.717, 1.165) is 11.1 Å². The van der Waals surface area contributed by atoms with Crippen LogP contribution in [0.1, 0.15) is 23.0 Å². The maximum absolute atomic E-state index is 12.2. The van der Waals surface area contributed by atoms with Crippen molar-refractivity contribution in [3.8, 4) is 11.3 Å². The van der Waals surface area contributed by atoms with Crippen molar-refractivity contribution in [3.63, 3.8) is 0 Å². The standard InChI is InChI=1S/C17H13Cl2N5O/c1-10(11-4-6-20-7-5-11)21-24-17(25)16-9-15(22-23-16)12-2-3-13(18)14(19)8-12/h2-9H,1H3,(H,22,23)(H,24,25). The van der Waals surface area contributed by atoms with Gasteiger partial charge >= 0.3 is 0 Å². The smallest absolute Gasteiger partial charge is 0.272 e. The lowest BCUT2D eigenvalue weighted by Crippen LogP contribution is -2.19. The number of rotatable bonds is 4. The molecule has 0 aliphatic rings. The first kappa shape index (κ1) is 17.1. The van der Waals surface area contributed by atoms with Crippen LogP contribution in [0.4, 0.5) is 0 Å². The molecule has 0 bridgehead atoms. The Morgan fingerprint density at radius 3 is 2.60 bits per heavy atom. The number of hydrazone groups is 1. The molecule has 0 saturated heterocycles. The van der Waals surface area contributed by atoms with E-state index < -0.39 is 5.91 Å². The van der Waals surface area contributed by atoms with Crippen molar-refractivity contribution in [1.29, 1.82) is 0 Å². The number of benzene rings is 1. The fraction of sp³-hybridized carbons (Fsp3) is 0.0588. The molecule has 1 aromatic carbocycles. The van der Waals surface area contributed by atoms with Crippen LogP contribution in [0.5, 0.6) is 0 Å². The van der Waals surface area contributed by atoms with Crippen molar-refractivity contribution in [2.45, 2.75) is 6.92 Å². The Kier molecular flexibility index (Phi) is 5.11. The molecule has 8 heteroatoms. The second-order valence-electron chi connectivity index (χ2n) is 5.17. The van der Waals surface area contributed by atoms with Crippen LogP contribution in [0.2, 0.25) is 10.0 Å². The molecule has 0 aliphatic heterocycles. The van der Waals surface area contributed by atoms with Crippen LogP contribution in [0.15, 0.2) is 53.9 Å². The zero-order valence-electron chi connectivity index (χ0n) is 13.1. The average molecular weight is 374 g/mol. The van der Waals surface area contributed by atoms with Crippen molar-refractivity contribution < 1.29 is 4.79 Å². The van der Waals surface area contributed by atoms with Gasteiger partial charge in [-0.15, -0.1) is 0 Å². The van der Waals surface area contributed by atoms with Crippen molar-refractivity contribution in [2.75, 3.05) is 0 Å². The summed E-state index contributed by atoms with van der Waals surface area (Å²) in [6, 6.07) is 10.4. The predicted octanol–water partition coefficient (Wildman–Crippen LogP) is 3.93. The van der Waals surface area contributed by atoms with Gasteiger partial charge < -0.3 is 0 Å². The molecule has 0 unspecified atom stereocenters. The first-order valence-electron chi connectivity index (χ1n) is 7.30. The first-order valence-corrected chi connectivity index (χ1v) is 8.06. The number of carbonyl (C=O) groups excluding carboxylic acids is 1. The van der Waals surface area contributed by atoms with Crippen molar-refractivity contribution in [1.82, 2.24) is 20.6 Å². The number of carbonyl (C=O) groups is 1. The van der Waals surface area contributed by atoms with E-state index in [1.807, 2.05) is 12.1 Å². The summed E-state index contributed by atoms with van der Waals surface area (Å²) in [5.74, 6) is -0.396. The van der Waals surface area contributed by atoms with Crippen LogP contribution in [-0.4, -0.2) is 26.8 Å². The van der Waals surface area contributed by atoms with Gasteiger partial charge in [0.25, 0.3) is 5.91 Å². The van der Waals surface area contributed by atoms with E-state index in [4.69, 9.17) is 23.2 Å². The molecule has 0 spiro atoms. The molecule has 3 aromatic rings. The molecular weight excluding hydrogens is 361 g/mol. The summed E-state index contributed by atoms with van der Waals surface area (Å²) < 4.78 is 0. The number of pyridine rings is 1. The Morgan fingerprint density at radius 1 is 1.12 bits per heavy atom. The van der Waals surface area contributed by atoms with Gasteiger partial charge in [0.15, 0.2) is 0 Å². The van der Waals surface area contributed by atoms with Crippen LogP contribution in [-0.2, 0) is 0 Å². The normalized spacial score (nSPS) is 11.4. The second kappa shape index (κ2) is 7.46. The molecule has 1 amide bonds. The number of nitrogens with one attached hydrogen (secondary N) is 2. The van der Waals surface area contributed by atoms with Gasteiger partial charge in [-0.1, -0.05) is 29.3 Å². The molecule has 25 heavy (non-hydrogen) atoms. The maximum atomic E-state index is 12.2. The zero-order chi connectivity index (χ0) is 17.8. The quantitative estimate of drug-likeness (QED) is 0.536. The number of hydrogen-bond acceptors (Lipinski definition) is 4. The van der Waals surface area contributed by atoms with E-state index >= 15 is 0 Å². The highest BCUT2D eigenvalue weighted by molar-refractivity contribution is 6.42. The SMILES string of the molecule is CC(=NNC(=O)c1cc(-c2ccc(Cl)c(Cl)c2)n[nH]1)c1ccncc1. The minimum atomic E-state index is -0.396. The van der Waals surface area contributed by atoms with Crippen LogP contribution in [0.3, 0.4) is 0 Å². The number of halogens is 2. The van der Waals surface area contributed by atoms with Crippen molar-refractivity contribution >= 4 is 34.8 Å². The number of aromatic nitrogens is 3. The first-order chi connectivity index (χ1) is 12.0. The Morgan fingerprint density at radius 2 is 1.88 bits per heavy atom. The summed E-state index contributed by atoms with van der Waals surface area (Å²) in [6.07, 6.45) is 3.32. The minimum absolute atomic E-state index is 0.285. The van der Waals surface area contributed by atoms with Gasteiger partial charge in [-0.05, 0) is 37.3 Å². The number of aromatic amines is 1. The third-order valence-electron chi connectivity index (χ3n) is 3.46. The summed E-state index contributed by atoms with van der Waals surface area (Å²) in [6.45, 7) is 1.80. The van der Waals surface area contributed by atoms with E-state index in [1.165, 1.54) is 0 Å². The third-order valence-corrected chi connectivity index (χ3v) is 4.20. The van der Waals surface area contributed by atoms with Gasteiger partial charge in [0.05, 0.1) is 21.5 Å². The Labute approximate surface area is 153 Å². The van der Waals surface area contributed by atoms with Crippen LogP contribution >= 0.6 is 23.2 Å². The summed E-state index contributed by atoms with van der Waals surface area (Å²) in [7, 11) is 0. The van der Waals surface area contributed by atoms with Crippen molar-refractivity contribution in [2.24, 2.45) is 5.10 Å². The average Bonchev–Trinajstić information content (AvgIpc) is 3.12. The van der Waals surface area contributed by atoms with Gasteiger partial charge in [-0.25, -0.2) is 5.43 Å². The zero-order valence-corrected chi connectivity index (χ0v) is 14.6. The maximum Gasteiger partial charge on any atom is 0.289 e. The predicted molar refractivity (Wildman–Crippen MR) is 98.0 cm³/mol. The number of H-pyrrole nitrogens is 1. The van der Waals surface area contributed by atoms with Crippen LogP contribution in [0, 0.1) is 0 Å². The van der Waals surface area contributed by atoms with Gasteiger partial charge in [-0.2, -0.15) is 10.2 Å². The Bertz CT molecular complexity index is 937. The molecule has 2 aromatic heterocycles. The molecule has 2 N–H and O–H groups in total. The Hall–Kier alpha value is -2.70. The summed E-state index contributed by atoms with van der Waals surface area (Å²) in [5, 5.41) is 11.8. The van der Waals surface area contributed by atoms with E-state index in [2.05, 4.69) is 25.7 Å². The largest absolute Gasteiger partial charge is 0.289 e. The number of amides is 1. The minimum Gasteiger partial charge on any atom is -0.272 e. The molecule has 126 valence electrons. The molecular formula is C17H13Cl2N5O. The highest BCUT2D eigenvalue weighted by Gasteiger charge is 2.11. The molecule has 2 heterocycles. The number of hydrogen-bond donors (Lipinski definition) is 2. The van der Waals surface area contributed by atoms with E-state index in [9.17, 15) is 4.79 Å². The molecule has 0 atom stereocenters. The van der Waals surface area contributed by atoms with E-state index in [-0.39, 0.29) is 5.69 Å². The summed E-state index contributed by atoms with van der Waals surface area (Å²) >= 11 is 11.9. The summed E-state index contributed by atoms with van der Waals surface area (Å²) in [4.78, 5) is 16.1.